The maximum atomic E-state index is 12.5. The van der Waals surface area contributed by atoms with Gasteiger partial charge >= 0.3 is 0 Å². The van der Waals surface area contributed by atoms with Crippen LogP contribution in [0.4, 0.5) is 10.8 Å². The molecule has 0 radical (unpaired) electrons. The number of thiazole rings is 1. The topological polar surface area (TPSA) is 74.8 Å². The highest BCUT2D eigenvalue weighted by Crippen LogP contribution is 2.26. The van der Waals surface area contributed by atoms with Crippen molar-refractivity contribution < 1.29 is 14.3 Å². The highest BCUT2D eigenvalue weighted by atomic mass is 32.2. The van der Waals surface area contributed by atoms with Crippen molar-refractivity contribution in [2.24, 2.45) is 0 Å². The molecule has 1 N–H and O–H groups in total. The van der Waals surface area contributed by atoms with E-state index in [0.717, 1.165) is 30.1 Å². The largest absolute Gasteiger partial charge is 0.494 e. The molecular weight excluding hydrogens is 468 g/mol. The molecule has 2 heterocycles. The molecule has 0 bridgehead atoms. The van der Waals surface area contributed by atoms with Crippen molar-refractivity contribution in [2.75, 3.05) is 54.5 Å². The molecule has 2 amide bonds. The fraction of sp³-hybridized carbons (Fsp3) is 0.320. The van der Waals surface area contributed by atoms with Gasteiger partial charge < -0.3 is 19.9 Å². The molecule has 4 rings (SSSR count). The number of nitrogens with one attached hydrogen (secondary N) is 1. The number of thioether (sulfide) groups is 1. The first kappa shape index (κ1) is 24.1. The fourth-order valence-corrected chi connectivity index (χ4v) is 5.14. The van der Waals surface area contributed by atoms with Gasteiger partial charge in [-0.15, -0.1) is 23.1 Å². The Bertz CT molecular complexity index is 1080. The number of nitrogens with zero attached hydrogens (tertiary/aromatic N) is 3. The molecule has 0 atom stereocenters. The van der Waals surface area contributed by atoms with E-state index in [2.05, 4.69) is 27.3 Å². The molecule has 0 aliphatic carbocycles. The molecule has 1 aliphatic rings. The van der Waals surface area contributed by atoms with Crippen molar-refractivity contribution >= 4 is 45.7 Å². The molecule has 0 spiro atoms. The summed E-state index contributed by atoms with van der Waals surface area (Å²) < 4.78 is 5.46. The second kappa shape index (κ2) is 11.9. The van der Waals surface area contributed by atoms with Crippen molar-refractivity contribution in [1.29, 1.82) is 0 Å². The van der Waals surface area contributed by atoms with Crippen molar-refractivity contribution in [1.82, 2.24) is 9.88 Å². The standard InChI is InChI=1S/C25H28N4O3S2/c1-2-32-21-10-8-19(9-11-21)22-16-34-25(26-22)27-23(30)17-33-18-24(31)29-14-12-28(13-15-29)20-6-4-3-5-7-20/h3-11,16H,2,12-15,17-18H2,1H3,(H,26,27,30). The van der Waals surface area contributed by atoms with E-state index in [1.807, 2.05) is 59.7 Å². The van der Waals surface area contributed by atoms with Gasteiger partial charge in [-0.25, -0.2) is 4.98 Å². The minimum Gasteiger partial charge on any atom is -0.494 e. The molecule has 2 aromatic carbocycles. The summed E-state index contributed by atoms with van der Waals surface area (Å²) in [6.45, 7) is 5.62. The zero-order valence-electron chi connectivity index (χ0n) is 19.1. The van der Waals surface area contributed by atoms with Gasteiger partial charge in [-0.05, 0) is 43.3 Å². The number of carbonyl (C=O) groups excluding carboxylic acids is 2. The first-order chi connectivity index (χ1) is 16.6. The van der Waals surface area contributed by atoms with Crippen LogP contribution in [0.5, 0.6) is 5.75 Å². The monoisotopic (exact) mass is 496 g/mol. The molecule has 0 saturated carbocycles. The van der Waals surface area contributed by atoms with Gasteiger partial charge in [0.2, 0.25) is 11.8 Å². The van der Waals surface area contributed by atoms with Crippen molar-refractivity contribution in [3.8, 4) is 17.0 Å². The van der Waals surface area contributed by atoms with Crippen LogP contribution in [0.3, 0.4) is 0 Å². The molecule has 3 aromatic rings. The smallest absolute Gasteiger partial charge is 0.236 e. The minimum absolute atomic E-state index is 0.0811. The van der Waals surface area contributed by atoms with Gasteiger partial charge in [-0.3, -0.25) is 9.59 Å². The summed E-state index contributed by atoms with van der Waals surface area (Å²) in [6, 6.07) is 18.0. The summed E-state index contributed by atoms with van der Waals surface area (Å²) in [4.78, 5) is 33.5. The third kappa shape index (κ3) is 6.51. The summed E-state index contributed by atoms with van der Waals surface area (Å²) in [5.41, 5.74) is 2.96. The Balaban J connectivity index is 1.17. The molecular formula is C25H28N4O3S2. The number of ether oxygens (including phenoxy) is 1. The van der Waals surface area contributed by atoms with Crippen LogP contribution < -0.4 is 15.0 Å². The van der Waals surface area contributed by atoms with Crippen LogP contribution in [0, 0.1) is 0 Å². The number of aromatic nitrogens is 1. The van der Waals surface area contributed by atoms with Gasteiger partial charge in [0, 0.05) is 42.8 Å². The zero-order chi connectivity index (χ0) is 23.8. The second-order valence-corrected chi connectivity index (χ2v) is 9.58. The van der Waals surface area contributed by atoms with Gasteiger partial charge in [0.05, 0.1) is 23.8 Å². The van der Waals surface area contributed by atoms with Gasteiger partial charge in [-0.2, -0.15) is 0 Å². The van der Waals surface area contributed by atoms with Crippen LogP contribution >= 0.6 is 23.1 Å². The highest BCUT2D eigenvalue weighted by Gasteiger charge is 2.21. The van der Waals surface area contributed by atoms with E-state index >= 15 is 0 Å². The Morgan fingerprint density at radius 1 is 1.03 bits per heavy atom. The zero-order valence-corrected chi connectivity index (χ0v) is 20.7. The third-order valence-corrected chi connectivity index (χ3v) is 7.10. The van der Waals surface area contributed by atoms with Gasteiger partial charge in [0.1, 0.15) is 5.75 Å². The fourth-order valence-electron chi connectivity index (χ4n) is 3.68. The highest BCUT2D eigenvalue weighted by molar-refractivity contribution is 8.00. The molecule has 0 unspecified atom stereocenters. The maximum absolute atomic E-state index is 12.5. The van der Waals surface area contributed by atoms with Crippen LogP contribution in [-0.4, -0.2) is 66.0 Å². The summed E-state index contributed by atoms with van der Waals surface area (Å²) >= 11 is 2.72. The Labute approximate surface area is 208 Å². The third-order valence-electron chi connectivity index (χ3n) is 5.42. The summed E-state index contributed by atoms with van der Waals surface area (Å²) in [6.07, 6.45) is 0. The number of benzene rings is 2. The van der Waals surface area contributed by atoms with Crippen molar-refractivity contribution in [3.63, 3.8) is 0 Å². The Kier molecular flexibility index (Phi) is 8.43. The lowest BCUT2D eigenvalue weighted by Gasteiger charge is -2.36. The van der Waals surface area contributed by atoms with Crippen molar-refractivity contribution in [2.45, 2.75) is 6.92 Å². The van der Waals surface area contributed by atoms with E-state index in [4.69, 9.17) is 4.74 Å². The number of anilines is 2. The number of piperazine rings is 1. The summed E-state index contributed by atoms with van der Waals surface area (Å²) in [5, 5.41) is 5.30. The lowest BCUT2D eigenvalue weighted by atomic mass is 10.2. The first-order valence-electron chi connectivity index (χ1n) is 11.3. The predicted molar refractivity (Wildman–Crippen MR) is 140 cm³/mol. The summed E-state index contributed by atoms with van der Waals surface area (Å²) in [7, 11) is 0. The van der Waals surface area contributed by atoms with Crippen LogP contribution in [0.25, 0.3) is 11.3 Å². The molecule has 9 heteroatoms. The maximum Gasteiger partial charge on any atom is 0.236 e. The number of rotatable bonds is 9. The first-order valence-corrected chi connectivity index (χ1v) is 13.3. The number of amides is 2. The molecule has 1 aliphatic heterocycles. The van der Waals surface area contributed by atoms with Crippen LogP contribution in [0.1, 0.15) is 6.92 Å². The molecule has 1 saturated heterocycles. The predicted octanol–water partition coefficient (Wildman–Crippen LogP) is 4.23. The Hall–Kier alpha value is -3.04. The Morgan fingerprint density at radius 3 is 2.47 bits per heavy atom. The van der Waals surface area contributed by atoms with Gasteiger partial charge in [-0.1, -0.05) is 18.2 Å². The van der Waals surface area contributed by atoms with Crippen LogP contribution in [-0.2, 0) is 9.59 Å². The number of hydrogen-bond donors (Lipinski definition) is 1. The Morgan fingerprint density at radius 2 is 1.76 bits per heavy atom. The molecule has 178 valence electrons. The average Bonchev–Trinajstić information content (AvgIpc) is 3.33. The van der Waals surface area contributed by atoms with E-state index in [1.165, 1.54) is 28.8 Å². The SMILES string of the molecule is CCOc1ccc(-c2csc(NC(=O)CSCC(=O)N3CCN(c4ccccc4)CC3)n2)cc1. The normalized spacial score (nSPS) is 13.6. The number of para-hydroxylation sites is 1. The van der Waals surface area contributed by atoms with E-state index in [0.29, 0.717) is 30.6 Å². The number of carbonyl (C=O) groups is 2. The lowest BCUT2D eigenvalue weighted by Crippen LogP contribution is -2.49. The number of hydrogen-bond acceptors (Lipinski definition) is 7. The minimum atomic E-state index is -0.153. The molecule has 1 aromatic heterocycles. The van der Waals surface area contributed by atoms with Crippen LogP contribution in [0.2, 0.25) is 0 Å². The van der Waals surface area contributed by atoms with E-state index in [9.17, 15) is 9.59 Å². The molecule has 34 heavy (non-hydrogen) atoms. The summed E-state index contributed by atoms with van der Waals surface area (Å²) in [5.74, 6) is 1.26. The van der Waals surface area contributed by atoms with Gasteiger partial charge in [0.25, 0.3) is 0 Å². The lowest BCUT2D eigenvalue weighted by molar-refractivity contribution is -0.128. The van der Waals surface area contributed by atoms with Crippen molar-refractivity contribution in [3.05, 3.63) is 60.0 Å². The molecule has 1 fully saturated rings. The average molecular weight is 497 g/mol. The second-order valence-electron chi connectivity index (χ2n) is 7.74. The van der Waals surface area contributed by atoms with E-state index in [-0.39, 0.29) is 17.6 Å². The van der Waals surface area contributed by atoms with E-state index < -0.39 is 0 Å². The quantitative estimate of drug-likeness (QED) is 0.478. The van der Waals surface area contributed by atoms with Gasteiger partial charge in [0.15, 0.2) is 5.13 Å². The molecule has 7 nitrogen and oxygen atoms in total. The van der Waals surface area contributed by atoms with E-state index in [1.54, 1.807) is 0 Å². The van der Waals surface area contributed by atoms with Crippen LogP contribution in [0.15, 0.2) is 60.0 Å².